The quantitative estimate of drug-likeness (QED) is 0.920. The van der Waals surface area contributed by atoms with Crippen LogP contribution in [0.25, 0.3) is 0 Å². The summed E-state index contributed by atoms with van der Waals surface area (Å²) in [4.78, 5) is 14.5. The Morgan fingerprint density at radius 1 is 1.33 bits per heavy atom. The van der Waals surface area contributed by atoms with E-state index in [1.54, 1.807) is 17.0 Å². The Morgan fingerprint density at radius 3 is 2.67 bits per heavy atom. The van der Waals surface area contributed by atoms with Crippen molar-refractivity contribution in [1.29, 1.82) is 0 Å². The summed E-state index contributed by atoms with van der Waals surface area (Å²) in [5, 5.41) is 7.26. The van der Waals surface area contributed by atoms with Gasteiger partial charge in [-0.3, -0.25) is 4.68 Å². The zero-order valence-electron chi connectivity index (χ0n) is 14.0. The van der Waals surface area contributed by atoms with E-state index in [-0.39, 0.29) is 17.9 Å². The minimum Gasteiger partial charge on any atom is -0.377 e. The summed E-state index contributed by atoms with van der Waals surface area (Å²) in [6.07, 6.45) is 0. The number of morpholine rings is 1. The Hall–Kier alpha value is -2.41. The molecule has 1 aromatic carbocycles. The molecule has 0 bridgehead atoms. The highest BCUT2D eigenvalue weighted by molar-refractivity contribution is 5.89. The molecule has 1 N–H and O–H groups in total. The van der Waals surface area contributed by atoms with E-state index >= 15 is 0 Å². The third-order valence-electron chi connectivity index (χ3n) is 4.38. The van der Waals surface area contributed by atoms with Crippen LogP contribution in [0.1, 0.15) is 23.0 Å². The Balaban J connectivity index is 1.84. The summed E-state index contributed by atoms with van der Waals surface area (Å²) < 4.78 is 20.4. The van der Waals surface area contributed by atoms with E-state index < -0.39 is 0 Å². The van der Waals surface area contributed by atoms with E-state index in [4.69, 9.17) is 4.74 Å². The Bertz CT molecular complexity index is 742. The van der Waals surface area contributed by atoms with Crippen molar-refractivity contribution in [3.63, 3.8) is 0 Å². The number of rotatable bonds is 2. The monoisotopic (exact) mass is 332 g/mol. The van der Waals surface area contributed by atoms with E-state index in [0.29, 0.717) is 25.4 Å². The highest BCUT2D eigenvalue weighted by atomic mass is 19.1. The van der Waals surface area contributed by atoms with Crippen LogP contribution < -0.4 is 5.32 Å². The van der Waals surface area contributed by atoms with Gasteiger partial charge in [-0.15, -0.1) is 0 Å². The van der Waals surface area contributed by atoms with E-state index in [9.17, 15) is 9.18 Å². The van der Waals surface area contributed by atoms with Gasteiger partial charge in [-0.1, -0.05) is 0 Å². The van der Waals surface area contributed by atoms with E-state index in [0.717, 1.165) is 17.0 Å². The number of urea groups is 1. The molecule has 1 saturated heterocycles. The number of anilines is 1. The van der Waals surface area contributed by atoms with Crippen LogP contribution in [0.3, 0.4) is 0 Å². The topological polar surface area (TPSA) is 59.4 Å². The molecule has 2 aromatic rings. The third-order valence-corrected chi connectivity index (χ3v) is 4.38. The smallest absolute Gasteiger partial charge is 0.322 e. The van der Waals surface area contributed by atoms with E-state index in [2.05, 4.69) is 10.4 Å². The molecule has 2 amide bonds. The van der Waals surface area contributed by atoms with Gasteiger partial charge in [-0.2, -0.15) is 5.10 Å². The second-order valence-corrected chi connectivity index (χ2v) is 5.93. The van der Waals surface area contributed by atoms with Crippen LogP contribution in [0.2, 0.25) is 0 Å². The normalized spacial score (nSPS) is 17.8. The molecule has 7 heteroatoms. The van der Waals surface area contributed by atoms with Gasteiger partial charge in [0.15, 0.2) is 0 Å². The second kappa shape index (κ2) is 6.60. The van der Waals surface area contributed by atoms with Gasteiger partial charge in [0.05, 0.1) is 24.9 Å². The van der Waals surface area contributed by atoms with Gasteiger partial charge in [0, 0.05) is 30.5 Å². The molecule has 24 heavy (non-hydrogen) atoms. The summed E-state index contributed by atoms with van der Waals surface area (Å²) >= 11 is 0. The van der Waals surface area contributed by atoms with Gasteiger partial charge < -0.3 is 15.0 Å². The maximum atomic E-state index is 13.0. The number of benzene rings is 1. The molecule has 128 valence electrons. The number of carbonyl (C=O) groups is 1. The summed E-state index contributed by atoms with van der Waals surface area (Å²) in [5.74, 6) is -0.334. The van der Waals surface area contributed by atoms with Crippen LogP contribution in [0, 0.1) is 19.7 Å². The largest absolute Gasteiger partial charge is 0.377 e. The molecular formula is C17H21FN4O2. The standard InChI is InChI=1S/C17H21FN4O2/c1-11-16(12(2)21(3)20-11)15-10-24-9-8-22(15)17(23)19-14-6-4-13(18)5-7-14/h4-7,15H,8-10H2,1-3H3,(H,19,23)/t15-/m0/s1. The van der Waals surface area contributed by atoms with Crippen molar-refractivity contribution in [1.82, 2.24) is 14.7 Å². The van der Waals surface area contributed by atoms with Crippen LogP contribution in [-0.2, 0) is 11.8 Å². The van der Waals surface area contributed by atoms with Crippen molar-refractivity contribution < 1.29 is 13.9 Å². The number of nitrogens with zero attached hydrogens (tertiary/aromatic N) is 3. The number of aromatic nitrogens is 2. The summed E-state index contributed by atoms with van der Waals surface area (Å²) in [5.41, 5.74) is 3.49. The van der Waals surface area contributed by atoms with Gasteiger partial charge >= 0.3 is 6.03 Å². The number of halogens is 1. The lowest BCUT2D eigenvalue weighted by molar-refractivity contribution is 0.0143. The van der Waals surface area contributed by atoms with Crippen molar-refractivity contribution in [3.8, 4) is 0 Å². The molecule has 0 unspecified atom stereocenters. The number of hydrogen-bond donors (Lipinski definition) is 1. The first kappa shape index (κ1) is 16.4. The lowest BCUT2D eigenvalue weighted by Crippen LogP contribution is -2.45. The van der Waals surface area contributed by atoms with E-state index in [1.165, 1.54) is 12.1 Å². The van der Waals surface area contributed by atoms with Crippen molar-refractivity contribution in [2.24, 2.45) is 7.05 Å². The molecule has 1 fully saturated rings. The Kier molecular flexibility index (Phi) is 4.53. The molecule has 0 spiro atoms. The molecule has 1 aliphatic rings. The number of aryl methyl sites for hydroxylation is 2. The molecule has 0 aliphatic carbocycles. The molecule has 0 saturated carbocycles. The van der Waals surface area contributed by atoms with Crippen molar-refractivity contribution in [2.75, 3.05) is 25.1 Å². The molecule has 2 heterocycles. The maximum Gasteiger partial charge on any atom is 0.322 e. The first-order valence-corrected chi connectivity index (χ1v) is 7.88. The predicted molar refractivity (Wildman–Crippen MR) is 88.4 cm³/mol. The fraction of sp³-hybridized carbons (Fsp3) is 0.412. The number of nitrogens with one attached hydrogen (secondary N) is 1. The molecule has 1 aromatic heterocycles. The fourth-order valence-corrected chi connectivity index (χ4v) is 3.09. The minimum atomic E-state index is -0.334. The van der Waals surface area contributed by atoms with Crippen LogP contribution in [-0.4, -0.2) is 40.5 Å². The number of ether oxygens (including phenoxy) is 1. The molecule has 0 radical (unpaired) electrons. The molecular weight excluding hydrogens is 311 g/mol. The lowest BCUT2D eigenvalue weighted by Gasteiger charge is -2.36. The lowest BCUT2D eigenvalue weighted by atomic mass is 10.0. The van der Waals surface area contributed by atoms with Crippen molar-refractivity contribution >= 4 is 11.7 Å². The molecule has 1 atom stereocenters. The molecule has 1 aliphatic heterocycles. The van der Waals surface area contributed by atoms with Gasteiger partial charge in [-0.05, 0) is 38.1 Å². The number of hydrogen-bond acceptors (Lipinski definition) is 3. The third kappa shape index (κ3) is 3.12. The Morgan fingerprint density at radius 2 is 2.04 bits per heavy atom. The highest BCUT2D eigenvalue weighted by Gasteiger charge is 2.32. The Labute approximate surface area is 140 Å². The van der Waals surface area contributed by atoms with Gasteiger partial charge in [-0.25, -0.2) is 9.18 Å². The van der Waals surface area contributed by atoms with Crippen LogP contribution in [0.5, 0.6) is 0 Å². The SMILES string of the molecule is Cc1nn(C)c(C)c1[C@@H]1COCCN1C(=O)Nc1ccc(F)cc1. The first-order chi connectivity index (χ1) is 11.5. The average Bonchev–Trinajstić information content (AvgIpc) is 2.82. The van der Waals surface area contributed by atoms with Crippen LogP contribution >= 0.6 is 0 Å². The predicted octanol–water partition coefficient (Wildman–Crippen LogP) is 2.78. The van der Waals surface area contributed by atoms with Gasteiger partial charge in [0.2, 0.25) is 0 Å². The highest BCUT2D eigenvalue weighted by Crippen LogP contribution is 2.29. The molecule has 6 nitrogen and oxygen atoms in total. The minimum absolute atomic E-state index is 0.187. The summed E-state index contributed by atoms with van der Waals surface area (Å²) in [6, 6.07) is 5.32. The second-order valence-electron chi connectivity index (χ2n) is 5.93. The summed E-state index contributed by atoms with van der Waals surface area (Å²) in [7, 11) is 1.89. The maximum absolute atomic E-state index is 13.0. The van der Waals surface area contributed by atoms with Gasteiger partial charge in [0.1, 0.15) is 5.82 Å². The van der Waals surface area contributed by atoms with E-state index in [1.807, 2.05) is 25.6 Å². The van der Waals surface area contributed by atoms with Gasteiger partial charge in [0.25, 0.3) is 0 Å². The summed E-state index contributed by atoms with van der Waals surface area (Å²) in [6.45, 7) is 5.34. The number of carbonyl (C=O) groups excluding carboxylic acids is 1. The zero-order chi connectivity index (χ0) is 17.3. The van der Waals surface area contributed by atoms with Crippen LogP contribution in [0.15, 0.2) is 24.3 Å². The van der Waals surface area contributed by atoms with Crippen LogP contribution in [0.4, 0.5) is 14.9 Å². The van der Waals surface area contributed by atoms with Crippen molar-refractivity contribution in [2.45, 2.75) is 19.9 Å². The fourth-order valence-electron chi connectivity index (χ4n) is 3.09. The number of amides is 2. The molecule has 3 rings (SSSR count). The van der Waals surface area contributed by atoms with Crippen molar-refractivity contribution in [3.05, 3.63) is 47.0 Å². The average molecular weight is 332 g/mol. The zero-order valence-corrected chi connectivity index (χ0v) is 14.0. The first-order valence-electron chi connectivity index (χ1n) is 7.88.